The highest BCUT2D eigenvalue weighted by molar-refractivity contribution is 5.92. The van der Waals surface area contributed by atoms with Crippen molar-refractivity contribution in [1.82, 2.24) is 25.3 Å². The number of aromatic amines is 1. The largest absolute Gasteiger partial charge is 0.348 e. The monoisotopic (exact) mass is 423 g/mol. The molecule has 3 amide bonds. The topological polar surface area (TPSA) is 115 Å². The van der Waals surface area contributed by atoms with Gasteiger partial charge in [0, 0.05) is 44.7 Å². The molecule has 1 aromatic carbocycles. The summed E-state index contributed by atoms with van der Waals surface area (Å²) in [6.45, 7) is 2.04. The molecule has 0 aliphatic carbocycles. The summed E-state index contributed by atoms with van der Waals surface area (Å²) in [5.74, 6) is -0.639. The molecule has 0 spiro atoms. The summed E-state index contributed by atoms with van der Waals surface area (Å²) in [5, 5.41) is 8.88. The first-order chi connectivity index (χ1) is 15.0. The number of nitrogens with zero attached hydrogens (tertiary/aromatic N) is 3. The van der Waals surface area contributed by atoms with E-state index in [0.29, 0.717) is 39.0 Å². The van der Waals surface area contributed by atoms with Gasteiger partial charge in [-0.2, -0.15) is 5.10 Å². The first-order valence-electron chi connectivity index (χ1n) is 10.5. The van der Waals surface area contributed by atoms with Gasteiger partial charge in [0.05, 0.1) is 5.92 Å². The van der Waals surface area contributed by atoms with Crippen molar-refractivity contribution < 1.29 is 14.4 Å². The van der Waals surface area contributed by atoms with Crippen LogP contribution in [0.5, 0.6) is 0 Å². The molecule has 2 saturated heterocycles. The van der Waals surface area contributed by atoms with E-state index in [0.717, 1.165) is 5.56 Å². The van der Waals surface area contributed by atoms with Crippen LogP contribution >= 0.6 is 0 Å². The zero-order chi connectivity index (χ0) is 21.8. The number of nitrogens with one attached hydrogen (secondary N) is 2. The third-order valence-electron chi connectivity index (χ3n) is 5.83. The molecule has 3 heterocycles. The molecule has 2 aromatic rings. The number of benzene rings is 1. The molecule has 162 valence electrons. The van der Waals surface area contributed by atoms with Crippen LogP contribution in [0.1, 0.15) is 35.3 Å². The van der Waals surface area contributed by atoms with Crippen molar-refractivity contribution >= 4 is 17.7 Å². The van der Waals surface area contributed by atoms with Gasteiger partial charge in [-0.05, 0) is 24.5 Å². The fraction of sp³-hybridized carbons (Fsp3) is 0.409. The number of amides is 3. The first kappa shape index (κ1) is 20.8. The molecule has 1 aromatic heterocycles. The van der Waals surface area contributed by atoms with E-state index in [9.17, 15) is 19.2 Å². The lowest BCUT2D eigenvalue weighted by Crippen LogP contribution is -2.48. The highest BCUT2D eigenvalue weighted by Gasteiger charge is 2.37. The molecule has 2 aliphatic rings. The molecule has 9 nitrogen and oxygen atoms in total. The molecule has 9 heteroatoms. The molecular weight excluding hydrogens is 398 g/mol. The lowest BCUT2D eigenvalue weighted by atomic mass is 10.0. The van der Waals surface area contributed by atoms with Crippen LogP contribution in [0.4, 0.5) is 0 Å². The molecule has 2 aliphatic heterocycles. The van der Waals surface area contributed by atoms with Crippen LogP contribution in [0.3, 0.4) is 0 Å². The summed E-state index contributed by atoms with van der Waals surface area (Å²) >= 11 is 0. The van der Waals surface area contributed by atoms with Crippen LogP contribution in [-0.2, 0) is 16.1 Å². The third-order valence-corrected chi connectivity index (χ3v) is 5.83. The van der Waals surface area contributed by atoms with Crippen molar-refractivity contribution in [2.24, 2.45) is 5.92 Å². The Bertz CT molecular complexity index is 994. The molecule has 2 fully saturated rings. The summed E-state index contributed by atoms with van der Waals surface area (Å²) in [6.07, 6.45) is 1.52. The number of likely N-dealkylation sites (tertiary alicyclic amines) is 2. The van der Waals surface area contributed by atoms with Crippen molar-refractivity contribution in [3.63, 3.8) is 0 Å². The van der Waals surface area contributed by atoms with E-state index in [2.05, 4.69) is 15.5 Å². The maximum absolute atomic E-state index is 12.9. The van der Waals surface area contributed by atoms with Gasteiger partial charge in [-0.15, -0.1) is 0 Å². The van der Waals surface area contributed by atoms with Crippen molar-refractivity contribution in [1.29, 1.82) is 0 Å². The first-order valence-corrected chi connectivity index (χ1v) is 10.5. The molecule has 2 N–H and O–H groups in total. The SMILES string of the molecule is O=C(NC1CCN(C(=O)C2CC(=O)N(Cc3ccccc3)C2)CC1)c1ccc(=O)[nH]n1. The zero-order valence-electron chi connectivity index (χ0n) is 17.1. The highest BCUT2D eigenvalue weighted by Crippen LogP contribution is 2.24. The van der Waals surface area contributed by atoms with E-state index in [1.54, 1.807) is 9.80 Å². The number of carbonyl (C=O) groups is 3. The maximum atomic E-state index is 12.9. The fourth-order valence-corrected chi connectivity index (χ4v) is 4.13. The summed E-state index contributed by atoms with van der Waals surface area (Å²) in [6, 6.07) is 12.3. The lowest BCUT2D eigenvalue weighted by molar-refractivity contribution is -0.136. The standard InChI is InChI=1S/C22H25N5O4/c28-19-7-6-18(24-25-19)21(30)23-17-8-10-26(11-9-17)22(31)16-12-20(29)27(14-16)13-15-4-2-1-3-5-15/h1-7,16-17H,8-14H2,(H,23,30)(H,25,28). The third kappa shape index (κ3) is 4.99. The maximum Gasteiger partial charge on any atom is 0.271 e. The number of hydrogen-bond donors (Lipinski definition) is 2. The number of hydrogen-bond acceptors (Lipinski definition) is 5. The van der Waals surface area contributed by atoms with Crippen LogP contribution in [0, 0.1) is 5.92 Å². The molecule has 31 heavy (non-hydrogen) atoms. The highest BCUT2D eigenvalue weighted by atomic mass is 16.2. The average molecular weight is 423 g/mol. The summed E-state index contributed by atoms with van der Waals surface area (Å²) in [4.78, 5) is 52.2. The van der Waals surface area contributed by atoms with Crippen LogP contribution in [0.25, 0.3) is 0 Å². The van der Waals surface area contributed by atoms with Gasteiger partial charge in [0.2, 0.25) is 11.8 Å². The van der Waals surface area contributed by atoms with E-state index >= 15 is 0 Å². The molecule has 1 atom stereocenters. The van der Waals surface area contributed by atoms with E-state index < -0.39 is 0 Å². The predicted molar refractivity (Wildman–Crippen MR) is 112 cm³/mol. The van der Waals surface area contributed by atoms with Crippen molar-refractivity contribution in [3.05, 3.63) is 64.1 Å². The Morgan fingerprint density at radius 2 is 1.81 bits per heavy atom. The minimum absolute atomic E-state index is 0.0102. The quantitative estimate of drug-likeness (QED) is 0.728. The number of aromatic nitrogens is 2. The number of rotatable bonds is 5. The van der Waals surface area contributed by atoms with Gasteiger partial charge in [-0.1, -0.05) is 30.3 Å². The Morgan fingerprint density at radius 1 is 1.06 bits per heavy atom. The molecule has 0 radical (unpaired) electrons. The lowest BCUT2D eigenvalue weighted by Gasteiger charge is -2.33. The Labute approximate surface area is 179 Å². The number of carbonyl (C=O) groups excluding carboxylic acids is 3. The predicted octanol–water partition coefficient (Wildman–Crippen LogP) is 0.539. The van der Waals surface area contributed by atoms with Gasteiger partial charge in [-0.25, -0.2) is 5.10 Å². The van der Waals surface area contributed by atoms with Gasteiger partial charge in [0.25, 0.3) is 11.5 Å². The van der Waals surface area contributed by atoms with Crippen molar-refractivity contribution in [2.45, 2.75) is 31.8 Å². The Balaban J connectivity index is 1.26. The molecule has 4 rings (SSSR count). The van der Waals surface area contributed by atoms with E-state index in [-0.39, 0.29) is 47.4 Å². The molecular formula is C22H25N5O4. The van der Waals surface area contributed by atoms with Gasteiger partial charge in [0.15, 0.2) is 0 Å². The van der Waals surface area contributed by atoms with Crippen molar-refractivity contribution in [2.75, 3.05) is 19.6 Å². The number of piperidine rings is 1. The second-order valence-electron chi connectivity index (χ2n) is 8.04. The van der Waals surface area contributed by atoms with Gasteiger partial charge in [0.1, 0.15) is 5.69 Å². The summed E-state index contributed by atoms with van der Waals surface area (Å²) in [7, 11) is 0. The van der Waals surface area contributed by atoms with E-state index in [1.165, 1.54) is 12.1 Å². The van der Waals surface area contributed by atoms with Crippen molar-refractivity contribution in [3.8, 4) is 0 Å². The van der Waals surface area contributed by atoms with E-state index in [1.807, 2.05) is 30.3 Å². The smallest absolute Gasteiger partial charge is 0.271 e. The minimum atomic E-state index is -0.365. The van der Waals surface area contributed by atoms with Crippen LogP contribution in [0.2, 0.25) is 0 Å². The minimum Gasteiger partial charge on any atom is -0.348 e. The Morgan fingerprint density at radius 3 is 2.48 bits per heavy atom. The average Bonchev–Trinajstić information content (AvgIpc) is 3.15. The molecule has 1 unspecified atom stereocenters. The zero-order valence-corrected chi connectivity index (χ0v) is 17.1. The van der Waals surface area contributed by atoms with E-state index in [4.69, 9.17) is 0 Å². The fourth-order valence-electron chi connectivity index (χ4n) is 4.13. The summed E-state index contributed by atoms with van der Waals surface area (Å²) < 4.78 is 0. The normalized spacial score (nSPS) is 19.5. The van der Waals surface area contributed by atoms with Gasteiger partial charge >= 0.3 is 0 Å². The number of H-pyrrole nitrogens is 1. The molecule has 0 bridgehead atoms. The summed E-state index contributed by atoms with van der Waals surface area (Å²) in [5.41, 5.74) is 0.842. The van der Waals surface area contributed by atoms with Gasteiger partial charge < -0.3 is 15.1 Å². The molecule has 0 saturated carbocycles. The second kappa shape index (κ2) is 9.11. The van der Waals surface area contributed by atoms with Gasteiger partial charge in [-0.3, -0.25) is 19.2 Å². The Hall–Kier alpha value is -3.49. The van der Waals surface area contributed by atoms with Crippen LogP contribution in [-0.4, -0.2) is 63.4 Å². The second-order valence-corrected chi connectivity index (χ2v) is 8.04. The Kier molecular flexibility index (Phi) is 6.11. The van der Waals surface area contributed by atoms with Crippen LogP contribution in [0.15, 0.2) is 47.3 Å². The van der Waals surface area contributed by atoms with Crippen LogP contribution < -0.4 is 10.9 Å².